The topological polar surface area (TPSA) is 80.4 Å². The molecule has 0 unspecified atom stereocenters. The fourth-order valence-electron chi connectivity index (χ4n) is 1.46. The van der Waals surface area contributed by atoms with Crippen molar-refractivity contribution in [1.29, 1.82) is 0 Å². The Balaban J connectivity index is 2.99. The molecule has 0 aliphatic heterocycles. The van der Waals surface area contributed by atoms with Crippen molar-refractivity contribution in [3.8, 4) is 0 Å². The second kappa shape index (κ2) is 6.78. The summed E-state index contributed by atoms with van der Waals surface area (Å²) in [6, 6.07) is 3.69. The van der Waals surface area contributed by atoms with Crippen LogP contribution in [-0.4, -0.2) is 34.9 Å². The summed E-state index contributed by atoms with van der Waals surface area (Å²) in [4.78, 5) is 22.9. The number of hydrogen-bond acceptors (Lipinski definition) is 4. The van der Waals surface area contributed by atoms with Gasteiger partial charge in [0.1, 0.15) is 0 Å². The lowest BCUT2D eigenvalue weighted by Gasteiger charge is -2.11. The Morgan fingerprint density at radius 1 is 1.44 bits per heavy atom. The van der Waals surface area contributed by atoms with Crippen LogP contribution in [0, 0.1) is 0 Å². The van der Waals surface area contributed by atoms with E-state index in [-0.39, 0.29) is 21.9 Å². The number of halogens is 1. The van der Waals surface area contributed by atoms with Crippen LogP contribution in [0.15, 0.2) is 18.2 Å². The molecule has 4 nitrogen and oxygen atoms in total. The Morgan fingerprint density at radius 2 is 2.06 bits per heavy atom. The van der Waals surface area contributed by atoms with E-state index < -0.39 is 12.0 Å². The van der Waals surface area contributed by atoms with E-state index in [1.807, 2.05) is 6.26 Å². The van der Waals surface area contributed by atoms with Crippen LogP contribution in [0.5, 0.6) is 0 Å². The second-order valence-corrected chi connectivity index (χ2v) is 5.09. The third-order valence-corrected chi connectivity index (χ3v) is 3.52. The zero-order valence-corrected chi connectivity index (χ0v) is 11.4. The summed E-state index contributed by atoms with van der Waals surface area (Å²) in [5.74, 6) is -0.715. The van der Waals surface area contributed by atoms with Crippen LogP contribution < -0.4 is 5.73 Å². The number of carboxylic acid groups (broad SMARTS) is 1. The Labute approximate surface area is 115 Å². The Morgan fingerprint density at radius 3 is 2.61 bits per heavy atom. The van der Waals surface area contributed by atoms with Crippen molar-refractivity contribution < 1.29 is 14.7 Å². The molecule has 0 heterocycles. The minimum absolute atomic E-state index is 0.0467. The van der Waals surface area contributed by atoms with E-state index >= 15 is 0 Å². The van der Waals surface area contributed by atoms with Crippen LogP contribution >= 0.6 is 23.4 Å². The maximum absolute atomic E-state index is 12.0. The standard InChI is InChI=1S/C12H14ClNO3S/c1-18-6-5-9(14)11(15)7-3-2-4-8(10(7)13)12(16)17/h2-4,9H,5-6,14H2,1H3,(H,16,17)/t9-/m0/s1. The predicted molar refractivity (Wildman–Crippen MR) is 73.7 cm³/mol. The molecule has 1 aromatic rings. The SMILES string of the molecule is CSCC[C@H](N)C(=O)c1cccc(C(=O)O)c1Cl. The van der Waals surface area contributed by atoms with Gasteiger partial charge in [0.25, 0.3) is 0 Å². The molecular formula is C12H14ClNO3S. The third kappa shape index (κ3) is 3.48. The van der Waals surface area contributed by atoms with Gasteiger partial charge >= 0.3 is 5.97 Å². The fourth-order valence-corrected chi connectivity index (χ4v) is 2.25. The molecule has 0 aliphatic rings. The number of ketones is 1. The van der Waals surface area contributed by atoms with Crippen LogP contribution in [0.25, 0.3) is 0 Å². The van der Waals surface area contributed by atoms with Crippen molar-refractivity contribution in [2.24, 2.45) is 5.73 Å². The summed E-state index contributed by atoms with van der Waals surface area (Å²) < 4.78 is 0. The molecule has 0 aromatic heterocycles. The average Bonchev–Trinajstić information content (AvgIpc) is 2.35. The van der Waals surface area contributed by atoms with Gasteiger partial charge in [-0.3, -0.25) is 4.79 Å². The first kappa shape index (κ1) is 15.0. The lowest BCUT2D eigenvalue weighted by molar-refractivity contribution is 0.0697. The average molecular weight is 288 g/mol. The van der Waals surface area contributed by atoms with Gasteiger partial charge in [-0.1, -0.05) is 17.7 Å². The van der Waals surface area contributed by atoms with Gasteiger partial charge in [0.15, 0.2) is 5.78 Å². The quantitative estimate of drug-likeness (QED) is 0.785. The van der Waals surface area contributed by atoms with Gasteiger partial charge in [-0.05, 0) is 30.6 Å². The molecule has 0 amide bonds. The summed E-state index contributed by atoms with van der Waals surface area (Å²) in [6.07, 6.45) is 2.46. The zero-order valence-electron chi connectivity index (χ0n) is 9.85. The van der Waals surface area contributed by atoms with Crippen molar-refractivity contribution in [1.82, 2.24) is 0 Å². The van der Waals surface area contributed by atoms with Crippen molar-refractivity contribution in [2.75, 3.05) is 12.0 Å². The molecule has 0 saturated carbocycles. The van der Waals surface area contributed by atoms with Gasteiger partial charge in [0.2, 0.25) is 0 Å². The number of carbonyl (C=O) groups excluding carboxylic acids is 1. The highest BCUT2D eigenvalue weighted by atomic mass is 35.5. The van der Waals surface area contributed by atoms with Crippen molar-refractivity contribution in [3.05, 3.63) is 34.3 Å². The van der Waals surface area contributed by atoms with E-state index in [4.69, 9.17) is 22.4 Å². The van der Waals surface area contributed by atoms with E-state index in [0.29, 0.717) is 6.42 Å². The van der Waals surface area contributed by atoms with Crippen LogP contribution in [-0.2, 0) is 0 Å². The maximum atomic E-state index is 12.0. The number of aromatic carboxylic acids is 1. The number of carboxylic acids is 1. The molecule has 0 bridgehead atoms. The van der Waals surface area contributed by atoms with Gasteiger partial charge in [-0.15, -0.1) is 0 Å². The smallest absolute Gasteiger partial charge is 0.337 e. The number of thioether (sulfide) groups is 1. The molecule has 0 fully saturated rings. The Kier molecular flexibility index (Phi) is 5.65. The molecule has 0 spiro atoms. The second-order valence-electron chi connectivity index (χ2n) is 3.72. The minimum Gasteiger partial charge on any atom is -0.478 e. The Hall–Kier alpha value is -1.04. The van der Waals surface area contributed by atoms with Gasteiger partial charge in [-0.25, -0.2) is 4.79 Å². The van der Waals surface area contributed by atoms with E-state index in [2.05, 4.69) is 0 Å². The van der Waals surface area contributed by atoms with Crippen LogP contribution in [0.3, 0.4) is 0 Å². The lowest BCUT2D eigenvalue weighted by atomic mass is 10.0. The largest absolute Gasteiger partial charge is 0.478 e. The molecule has 0 radical (unpaired) electrons. The molecule has 1 aromatic carbocycles. The van der Waals surface area contributed by atoms with E-state index in [9.17, 15) is 9.59 Å². The first-order valence-corrected chi connectivity index (χ1v) is 7.06. The lowest BCUT2D eigenvalue weighted by Crippen LogP contribution is -2.31. The van der Waals surface area contributed by atoms with Gasteiger partial charge < -0.3 is 10.8 Å². The van der Waals surface area contributed by atoms with E-state index in [1.165, 1.54) is 18.2 Å². The first-order chi connectivity index (χ1) is 8.49. The zero-order chi connectivity index (χ0) is 13.7. The number of nitrogens with two attached hydrogens (primary N) is 1. The van der Waals surface area contributed by atoms with E-state index in [0.717, 1.165) is 5.75 Å². The summed E-state index contributed by atoms with van der Waals surface area (Å²) >= 11 is 7.51. The predicted octanol–water partition coefficient (Wildman–Crippen LogP) is 2.30. The van der Waals surface area contributed by atoms with E-state index in [1.54, 1.807) is 11.8 Å². The molecular weight excluding hydrogens is 274 g/mol. The van der Waals surface area contributed by atoms with Crippen molar-refractivity contribution in [2.45, 2.75) is 12.5 Å². The number of hydrogen-bond donors (Lipinski definition) is 2. The molecule has 1 atom stereocenters. The first-order valence-electron chi connectivity index (χ1n) is 5.29. The molecule has 0 saturated heterocycles. The third-order valence-electron chi connectivity index (χ3n) is 2.46. The highest BCUT2D eigenvalue weighted by molar-refractivity contribution is 7.98. The molecule has 3 N–H and O–H groups in total. The molecule has 18 heavy (non-hydrogen) atoms. The molecule has 98 valence electrons. The van der Waals surface area contributed by atoms with Gasteiger partial charge in [0.05, 0.1) is 16.6 Å². The molecule has 0 aliphatic carbocycles. The summed E-state index contributed by atoms with van der Waals surface area (Å²) in [7, 11) is 0. The Bertz CT molecular complexity index is 465. The molecule has 1 rings (SSSR count). The van der Waals surface area contributed by atoms with Crippen LogP contribution in [0.1, 0.15) is 27.1 Å². The normalized spacial score (nSPS) is 12.2. The van der Waals surface area contributed by atoms with Crippen molar-refractivity contribution >= 4 is 35.1 Å². The monoisotopic (exact) mass is 287 g/mol. The summed E-state index contributed by atoms with van der Waals surface area (Å²) in [5, 5.41) is 8.87. The highest BCUT2D eigenvalue weighted by Crippen LogP contribution is 2.23. The number of Topliss-reactive ketones (excluding diaryl/α,β-unsaturated/α-hetero) is 1. The fraction of sp³-hybridized carbons (Fsp3) is 0.333. The van der Waals surface area contributed by atoms with Crippen LogP contribution in [0.4, 0.5) is 0 Å². The number of benzene rings is 1. The van der Waals surface area contributed by atoms with Crippen molar-refractivity contribution in [3.63, 3.8) is 0 Å². The number of rotatable bonds is 6. The molecule has 6 heteroatoms. The summed E-state index contributed by atoms with van der Waals surface area (Å²) in [5.41, 5.74) is 5.85. The summed E-state index contributed by atoms with van der Waals surface area (Å²) in [6.45, 7) is 0. The van der Waals surface area contributed by atoms with Crippen LogP contribution in [0.2, 0.25) is 5.02 Å². The maximum Gasteiger partial charge on any atom is 0.337 e. The number of carbonyl (C=O) groups is 2. The minimum atomic E-state index is -1.16. The highest BCUT2D eigenvalue weighted by Gasteiger charge is 2.21. The van der Waals surface area contributed by atoms with Gasteiger partial charge in [0, 0.05) is 5.56 Å². The van der Waals surface area contributed by atoms with Gasteiger partial charge in [-0.2, -0.15) is 11.8 Å².